The zero-order valence-corrected chi connectivity index (χ0v) is 11.8. The number of hydrogen-bond acceptors (Lipinski definition) is 3. The van der Waals surface area contributed by atoms with Crippen LogP contribution in [-0.4, -0.2) is 19.7 Å². The summed E-state index contributed by atoms with van der Waals surface area (Å²) in [6.45, 7) is 1.96. The van der Waals surface area contributed by atoms with E-state index in [2.05, 4.69) is 31.0 Å². The van der Waals surface area contributed by atoms with Crippen molar-refractivity contribution in [1.29, 1.82) is 0 Å². The lowest BCUT2D eigenvalue weighted by Crippen LogP contribution is -2.13. The quantitative estimate of drug-likeness (QED) is 0.924. The van der Waals surface area contributed by atoms with Crippen LogP contribution in [0.5, 0.6) is 0 Å². The molecule has 0 unspecified atom stereocenters. The predicted octanol–water partition coefficient (Wildman–Crippen LogP) is 2.12. The third-order valence-electron chi connectivity index (χ3n) is 3.34. The van der Waals surface area contributed by atoms with Gasteiger partial charge in [-0.2, -0.15) is 5.10 Å². The number of aromatic amines is 1. The maximum Gasteiger partial charge on any atom is 0.265 e. The Morgan fingerprint density at radius 1 is 1.50 bits per heavy atom. The maximum atomic E-state index is 11.9. The first kappa shape index (κ1) is 11.6. The number of H-pyrrole nitrogens is 1. The molecule has 0 bridgehead atoms. The number of aryl methyl sites for hydroxylation is 1. The van der Waals surface area contributed by atoms with Gasteiger partial charge in [-0.25, -0.2) is 4.98 Å². The van der Waals surface area contributed by atoms with Gasteiger partial charge in [-0.3, -0.25) is 9.48 Å². The molecule has 1 fully saturated rings. The van der Waals surface area contributed by atoms with Crippen molar-refractivity contribution in [2.45, 2.75) is 25.7 Å². The standard InChI is InChI=1S/C12H13BrN4O/c1-6-8(5-14-17(6)2)11-15-10(7-3-4-7)9(13)12(18)16-11/h5,7H,3-4H2,1-2H3,(H,15,16,18). The van der Waals surface area contributed by atoms with E-state index in [9.17, 15) is 4.79 Å². The first-order valence-corrected chi connectivity index (χ1v) is 6.66. The second kappa shape index (κ2) is 4.05. The molecule has 18 heavy (non-hydrogen) atoms. The van der Waals surface area contributed by atoms with E-state index in [-0.39, 0.29) is 5.56 Å². The lowest BCUT2D eigenvalue weighted by Gasteiger charge is -2.05. The molecule has 2 heterocycles. The van der Waals surface area contributed by atoms with Crippen molar-refractivity contribution in [3.05, 3.63) is 32.4 Å². The lowest BCUT2D eigenvalue weighted by atomic mass is 10.2. The van der Waals surface area contributed by atoms with Crippen molar-refractivity contribution in [3.8, 4) is 11.4 Å². The van der Waals surface area contributed by atoms with Gasteiger partial charge >= 0.3 is 0 Å². The topological polar surface area (TPSA) is 63.6 Å². The Morgan fingerprint density at radius 2 is 2.22 bits per heavy atom. The Balaban J connectivity index is 2.18. The lowest BCUT2D eigenvalue weighted by molar-refractivity contribution is 0.740. The Bertz CT molecular complexity index is 669. The van der Waals surface area contributed by atoms with Crippen molar-refractivity contribution in [3.63, 3.8) is 0 Å². The molecule has 0 spiro atoms. The summed E-state index contributed by atoms with van der Waals surface area (Å²) in [5.41, 5.74) is 2.62. The molecule has 0 radical (unpaired) electrons. The second-order valence-corrected chi connectivity index (χ2v) is 5.45. The fraction of sp³-hybridized carbons (Fsp3) is 0.417. The Morgan fingerprint density at radius 3 is 2.78 bits per heavy atom. The smallest absolute Gasteiger partial charge is 0.265 e. The number of nitrogens with zero attached hydrogens (tertiary/aromatic N) is 3. The minimum atomic E-state index is -0.120. The van der Waals surface area contributed by atoms with Crippen LogP contribution in [0, 0.1) is 6.92 Å². The molecule has 6 heteroatoms. The third-order valence-corrected chi connectivity index (χ3v) is 4.11. The summed E-state index contributed by atoms with van der Waals surface area (Å²) in [6.07, 6.45) is 3.96. The minimum absolute atomic E-state index is 0.120. The van der Waals surface area contributed by atoms with Crippen molar-refractivity contribution >= 4 is 15.9 Å². The van der Waals surface area contributed by atoms with E-state index in [0.29, 0.717) is 16.2 Å². The van der Waals surface area contributed by atoms with E-state index < -0.39 is 0 Å². The summed E-state index contributed by atoms with van der Waals surface area (Å²) in [6, 6.07) is 0. The number of rotatable bonds is 2. The van der Waals surface area contributed by atoms with Crippen molar-refractivity contribution in [1.82, 2.24) is 19.7 Å². The van der Waals surface area contributed by atoms with E-state index in [1.165, 1.54) is 0 Å². The highest BCUT2D eigenvalue weighted by Crippen LogP contribution is 2.41. The molecule has 94 valence electrons. The van der Waals surface area contributed by atoms with Crippen LogP contribution in [0.15, 0.2) is 15.5 Å². The molecule has 2 aromatic heterocycles. The summed E-state index contributed by atoms with van der Waals surface area (Å²) in [4.78, 5) is 19.3. The van der Waals surface area contributed by atoms with Crippen LogP contribution in [0.4, 0.5) is 0 Å². The monoisotopic (exact) mass is 308 g/mol. The van der Waals surface area contributed by atoms with Crippen molar-refractivity contribution in [2.75, 3.05) is 0 Å². The van der Waals surface area contributed by atoms with Gasteiger partial charge in [-0.1, -0.05) is 0 Å². The van der Waals surface area contributed by atoms with Gasteiger partial charge in [0.25, 0.3) is 5.56 Å². The first-order chi connectivity index (χ1) is 8.58. The highest BCUT2D eigenvalue weighted by atomic mass is 79.9. The summed E-state index contributed by atoms with van der Waals surface area (Å²) in [5.74, 6) is 1.04. The predicted molar refractivity (Wildman–Crippen MR) is 71.5 cm³/mol. The van der Waals surface area contributed by atoms with Gasteiger partial charge in [0, 0.05) is 18.7 Å². The number of aromatic nitrogens is 4. The third kappa shape index (κ3) is 1.80. The number of halogens is 1. The molecule has 0 saturated heterocycles. The van der Waals surface area contributed by atoms with Crippen LogP contribution in [0.1, 0.15) is 30.1 Å². The van der Waals surface area contributed by atoms with E-state index >= 15 is 0 Å². The average molecular weight is 309 g/mol. The summed E-state index contributed by atoms with van der Waals surface area (Å²) < 4.78 is 2.34. The summed E-state index contributed by atoms with van der Waals surface area (Å²) in [7, 11) is 1.87. The van der Waals surface area contributed by atoms with Gasteiger partial charge in [0.15, 0.2) is 0 Å². The van der Waals surface area contributed by atoms with E-state index in [0.717, 1.165) is 29.8 Å². The molecule has 0 aromatic carbocycles. The Labute approximate surface area is 112 Å². The molecule has 1 aliphatic rings. The average Bonchev–Trinajstić information content (AvgIpc) is 3.12. The van der Waals surface area contributed by atoms with Crippen LogP contribution in [0.25, 0.3) is 11.4 Å². The number of nitrogens with one attached hydrogen (secondary N) is 1. The van der Waals surface area contributed by atoms with Gasteiger partial charge in [0.1, 0.15) is 10.3 Å². The van der Waals surface area contributed by atoms with Crippen LogP contribution in [0.3, 0.4) is 0 Å². The summed E-state index contributed by atoms with van der Waals surface area (Å²) in [5, 5.41) is 4.18. The van der Waals surface area contributed by atoms with Crippen LogP contribution in [-0.2, 0) is 7.05 Å². The normalized spacial score (nSPS) is 15.1. The van der Waals surface area contributed by atoms with E-state index in [1.54, 1.807) is 10.9 Å². The van der Waals surface area contributed by atoms with Gasteiger partial charge in [-0.05, 0) is 35.7 Å². The van der Waals surface area contributed by atoms with Crippen molar-refractivity contribution in [2.24, 2.45) is 7.05 Å². The van der Waals surface area contributed by atoms with Crippen LogP contribution < -0.4 is 5.56 Å². The zero-order valence-electron chi connectivity index (χ0n) is 10.2. The Hall–Kier alpha value is -1.43. The largest absolute Gasteiger partial charge is 0.305 e. The molecule has 1 N–H and O–H groups in total. The van der Waals surface area contributed by atoms with Gasteiger partial charge in [0.05, 0.1) is 17.5 Å². The minimum Gasteiger partial charge on any atom is -0.305 e. The van der Waals surface area contributed by atoms with E-state index in [1.807, 2.05) is 14.0 Å². The zero-order chi connectivity index (χ0) is 12.9. The maximum absolute atomic E-state index is 11.9. The molecular weight excluding hydrogens is 296 g/mol. The van der Waals surface area contributed by atoms with Gasteiger partial charge < -0.3 is 4.98 Å². The van der Waals surface area contributed by atoms with Crippen molar-refractivity contribution < 1.29 is 0 Å². The van der Waals surface area contributed by atoms with E-state index in [4.69, 9.17) is 0 Å². The Kier molecular flexibility index (Phi) is 2.62. The van der Waals surface area contributed by atoms with Crippen LogP contribution >= 0.6 is 15.9 Å². The molecule has 3 rings (SSSR count). The number of hydrogen-bond donors (Lipinski definition) is 1. The fourth-order valence-electron chi connectivity index (χ4n) is 1.96. The molecular formula is C12H13BrN4O. The first-order valence-electron chi connectivity index (χ1n) is 5.86. The SMILES string of the molecule is Cc1c(-c2nc(C3CC3)c(Br)c(=O)[nH]2)cnn1C. The molecule has 0 amide bonds. The fourth-order valence-corrected chi connectivity index (χ4v) is 2.47. The summed E-state index contributed by atoms with van der Waals surface area (Å²) >= 11 is 3.32. The molecule has 1 saturated carbocycles. The molecule has 2 aromatic rings. The second-order valence-electron chi connectivity index (χ2n) is 4.66. The molecule has 0 atom stereocenters. The molecule has 5 nitrogen and oxygen atoms in total. The molecule has 1 aliphatic carbocycles. The highest BCUT2D eigenvalue weighted by Gasteiger charge is 2.29. The highest BCUT2D eigenvalue weighted by molar-refractivity contribution is 9.10. The van der Waals surface area contributed by atoms with Crippen LogP contribution in [0.2, 0.25) is 0 Å². The molecule has 0 aliphatic heterocycles. The van der Waals surface area contributed by atoms with Gasteiger partial charge in [-0.15, -0.1) is 0 Å². The van der Waals surface area contributed by atoms with Gasteiger partial charge in [0.2, 0.25) is 0 Å².